The van der Waals surface area contributed by atoms with Crippen molar-refractivity contribution in [3.05, 3.63) is 34.3 Å². The second-order valence-corrected chi connectivity index (χ2v) is 5.81. The fourth-order valence-electron chi connectivity index (χ4n) is 2.61. The Morgan fingerprint density at radius 2 is 1.88 bits per heavy atom. The van der Waals surface area contributed by atoms with E-state index in [4.69, 9.17) is 5.73 Å². The highest BCUT2D eigenvalue weighted by atomic mass is 79.9. The molecule has 0 radical (unpaired) electrons. The Labute approximate surface area is 112 Å². The highest BCUT2D eigenvalue weighted by Gasteiger charge is 2.22. The molecule has 0 saturated heterocycles. The predicted octanol–water partition coefficient (Wildman–Crippen LogP) is 3.06. The summed E-state index contributed by atoms with van der Waals surface area (Å²) >= 11 is 3.46. The van der Waals surface area contributed by atoms with Crippen LogP contribution in [0.4, 0.5) is 0 Å². The second-order valence-electron chi connectivity index (χ2n) is 4.89. The summed E-state index contributed by atoms with van der Waals surface area (Å²) < 4.78 is 1.14. The first kappa shape index (κ1) is 13.1. The van der Waals surface area contributed by atoms with Crippen LogP contribution < -0.4 is 11.1 Å². The minimum atomic E-state index is 0.609. The van der Waals surface area contributed by atoms with Crippen LogP contribution >= 0.6 is 15.9 Å². The Balaban J connectivity index is 1.86. The van der Waals surface area contributed by atoms with Crippen LogP contribution in [0.3, 0.4) is 0 Å². The van der Waals surface area contributed by atoms with E-state index in [2.05, 4.69) is 45.5 Å². The zero-order chi connectivity index (χ0) is 12.1. The third kappa shape index (κ3) is 3.80. The summed E-state index contributed by atoms with van der Waals surface area (Å²) in [5, 5.41) is 3.66. The first-order valence-corrected chi connectivity index (χ1v) is 7.27. The average Bonchev–Trinajstić information content (AvgIpc) is 2.38. The van der Waals surface area contributed by atoms with Gasteiger partial charge in [-0.05, 0) is 43.0 Å². The zero-order valence-electron chi connectivity index (χ0n) is 10.2. The molecule has 3 heteroatoms. The molecule has 2 rings (SSSR count). The minimum Gasteiger partial charge on any atom is -0.330 e. The Bertz CT molecular complexity index is 337. The van der Waals surface area contributed by atoms with Crippen molar-refractivity contribution in [2.75, 3.05) is 6.54 Å². The van der Waals surface area contributed by atoms with Gasteiger partial charge in [-0.1, -0.05) is 40.9 Å². The summed E-state index contributed by atoms with van der Waals surface area (Å²) in [6.07, 6.45) is 5.25. The van der Waals surface area contributed by atoms with Crippen molar-refractivity contribution in [2.45, 2.75) is 38.3 Å². The molecule has 0 amide bonds. The first-order valence-electron chi connectivity index (χ1n) is 6.47. The van der Waals surface area contributed by atoms with Gasteiger partial charge in [-0.25, -0.2) is 0 Å². The van der Waals surface area contributed by atoms with Gasteiger partial charge in [0.1, 0.15) is 0 Å². The highest BCUT2D eigenvalue weighted by Crippen LogP contribution is 2.23. The average molecular weight is 297 g/mol. The van der Waals surface area contributed by atoms with Gasteiger partial charge in [0.05, 0.1) is 0 Å². The van der Waals surface area contributed by atoms with E-state index >= 15 is 0 Å². The van der Waals surface area contributed by atoms with E-state index in [0.29, 0.717) is 12.0 Å². The molecule has 2 unspecified atom stereocenters. The lowest BCUT2D eigenvalue weighted by Gasteiger charge is -2.31. The van der Waals surface area contributed by atoms with Gasteiger partial charge in [0.2, 0.25) is 0 Å². The van der Waals surface area contributed by atoms with Crippen LogP contribution in [0.1, 0.15) is 31.2 Å². The maximum Gasteiger partial charge on any atom is 0.0208 e. The maximum absolute atomic E-state index is 5.84. The lowest BCUT2D eigenvalue weighted by atomic mass is 9.84. The van der Waals surface area contributed by atoms with Crippen LogP contribution in [0.15, 0.2) is 28.7 Å². The molecule has 1 aliphatic rings. The quantitative estimate of drug-likeness (QED) is 0.896. The molecule has 0 spiro atoms. The molecule has 1 saturated carbocycles. The van der Waals surface area contributed by atoms with Gasteiger partial charge in [-0.15, -0.1) is 0 Å². The van der Waals surface area contributed by atoms with E-state index in [-0.39, 0.29) is 0 Å². The number of hydrogen-bond acceptors (Lipinski definition) is 2. The van der Waals surface area contributed by atoms with Crippen LogP contribution in [0.2, 0.25) is 0 Å². The van der Waals surface area contributed by atoms with Gasteiger partial charge in [0.25, 0.3) is 0 Å². The normalized spacial score (nSPS) is 24.8. The largest absolute Gasteiger partial charge is 0.330 e. The SMILES string of the molecule is NCC1CCCCC1NCc1ccc(Br)cc1. The molecule has 0 aliphatic heterocycles. The Morgan fingerprint density at radius 1 is 1.18 bits per heavy atom. The number of hydrogen-bond donors (Lipinski definition) is 2. The third-order valence-corrected chi connectivity index (χ3v) is 4.22. The summed E-state index contributed by atoms with van der Waals surface area (Å²) in [6, 6.07) is 9.13. The molecule has 2 atom stereocenters. The maximum atomic E-state index is 5.84. The standard InChI is InChI=1S/C14H21BrN2/c15-13-7-5-11(6-8-13)10-17-14-4-2-1-3-12(14)9-16/h5-8,12,14,17H,1-4,9-10,16H2. The van der Waals surface area contributed by atoms with Crippen molar-refractivity contribution >= 4 is 15.9 Å². The van der Waals surface area contributed by atoms with Crippen LogP contribution in [-0.2, 0) is 6.54 Å². The lowest BCUT2D eigenvalue weighted by molar-refractivity contribution is 0.267. The molecule has 2 nitrogen and oxygen atoms in total. The number of nitrogens with two attached hydrogens (primary N) is 1. The van der Waals surface area contributed by atoms with Gasteiger partial charge in [-0.2, -0.15) is 0 Å². The number of nitrogens with one attached hydrogen (secondary N) is 1. The topological polar surface area (TPSA) is 38.0 Å². The third-order valence-electron chi connectivity index (χ3n) is 3.69. The molecular weight excluding hydrogens is 276 g/mol. The molecule has 1 aromatic rings. The summed E-state index contributed by atoms with van der Waals surface area (Å²) in [5.41, 5.74) is 7.18. The van der Waals surface area contributed by atoms with Gasteiger partial charge in [-0.3, -0.25) is 0 Å². The highest BCUT2D eigenvalue weighted by molar-refractivity contribution is 9.10. The first-order chi connectivity index (χ1) is 8.29. The Hall–Kier alpha value is -0.380. The molecule has 1 aliphatic carbocycles. The van der Waals surface area contributed by atoms with Crippen LogP contribution in [0.5, 0.6) is 0 Å². The van der Waals surface area contributed by atoms with Crippen LogP contribution in [-0.4, -0.2) is 12.6 Å². The molecule has 94 valence electrons. The van der Waals surface area contributed by atoms with Crippen molar-refractivity contribution in [1.29, 1.82) is 0 Å². The van der Waals surface area contributed by atoms with E-state index in [9.17, 15) is 0 Å². The number of rotatable bonds is 4. The van der Waals surface area contributed by atoms with Crippen LogP contribution in [0.25, 0.3) is 0 Å². The molecular formula is C14H21BrN2. The Kier molecular flexibility index (Phi) is 5.01. The summed E-state index contributed by atoms with van der Waals surface area (Å²) in [6.45, 7) is 1.77. The molecule has 1 fully saturated rings. The smallest absolute Gasteiger partial charge is 0.0208 e. The van der Waals surface area contributed by atoms with Gasteiger partial charge in [0.15, 0.2) is 0 Å². The molecule has 0 bridgehead atoms. The number of benzene rings is 1. The fourth-order valence-corrected chi connectivity index (χ4v) is 2.87. The predicted molar refractivity (Wildman–Crippen MR) is 75.8 cm³/mol. The number of halogens is 1. The van der Waals surface area contributed by atoms with Crippen molar-refractivity contribution in [2.24, 2.45) is 11.7 Å². The van der Waals surface area contributed by atoms with Gasteiger partial charge >= 0.3 is 0 Å². The second kappa shape index (κ2) is 6.53. The van der Waals surface area contributed by atoms with E-state index in [1.165, 1.54) is 31.2 Å². The molecule has 0 heterocycles. The van der Waals surface area contributed by atoms with E-state index < -0.39 is 0 Å². The zero-order valence-corrected chi connectivity index (χ0v) is 11.7. The fraction of sp³-hybridized carbons (Fsp3) is 0.571. The molecule has 17 heavy (non-hydrogen) atoms. The van der Waals surface area contributed by atoms with Crippen molar-refractivity contribution in [1.82, 2.24) is 5.32 Å². The van der Waals surface area contributed by atoms with E-state index in [0.717, 1.165) is 17.6 Å². The molecule has 1 aromatic carbocycles. The van der Waals surface area contributed by atoms with E-state index in [1.807, 2.05) is 0 Å². The lowest BCUT2D eigenvalue weighted by Crippen LogP contribution is -2.41. The summed E-state index contributed by atoms with van der Waals surface area (Å²) in [4.78, 5) is 0. The summed E-state index contributed by atoms with van der Waals surface area (Å²) in [7, 11) is 0. The monoisotopic (exact) mass is 296 g/mol. The van der Waals surface area contributed by atoms with Crippen molar-refractivity contribution in [3.63, 3.8) is 0 Å². The van der Waals surface area contributed by atoms with E-state index in [1.54, 1.807) is 0 Å². The minimum absolute atomic E-state index is 0.609. The van der Waals surface area contributed by atoms with Crippen molar-refractivity contribution < 1.29 is 0 Å². The molecule has 3 N–H and O–H groups in total. The summed E-state index contributed by atoms with van der Waals surface area (Å²) in [5.74, 6) is 0.666. The van der Waals surface area contributed by atoms with Gasteiger partial charge < -0.3 is 11.1 Å². The van der Waals surface area contributed by atoms with Crippen molar-refractivity contribution in [3.8, 4) is 0 Å². The Morgan fingerprint density at radius 3 is 2.59 bits per heavy atom. The van der Waals surface area contributed by atoms with Crippen LogP contribution in [0, 0.1) is 5.92 Å². The molecule has 0 aromatic heterocycles. The van der Waals surface area contributed by atoms with Gasteiger partial charge in [0, 0.05) is 17.1 Å².